The summed E-state index contributed by atoms with van der Waals surface area (Å²) in [6.45, 7) is 4.26. The number of rotatable bonds is 6. The summed E-state index contributed by atoms with van der Waals surface area (Å²) >= 11 is 8.28. The molecule has 0 spiro atoms. The highest BCUT2D eigenvalue weighted by Crippen LogP contribution is 2.25. The fourth-order valence-electron chi connectivity index (χ4n) is 2.16. The number of sulfonamides is 1. The van der Waals surface area contributed by atoms with Gasteiger partial charge in [0.05, 0.1) is 29.8 Å². The van der Waals surface area contributed by atoms with Crippen LogP contribution in [0, 0.1) is 0 Å². The predicted molar refractivity (Wildman–Crippen MR) is 91.6 cm³/mol. The molecule has 3 heterocycles. The van der Waals surface area contributed by atoms with Gasteiger partial charge in [0, 0.05) is 25.0 Å². The van der Waals surface area contributed by atoms with Gasteiger partial charge in [-0.2, -0.15) is 0 Å². The Morgan fingerprint density at radius 3 is 2.83 bits per heavy atom. The quantitative estimate of drug-likeness (QED) is 0.814. The number of hydrogen-bond acceptors (Lipinski definition) is 7. The first-order valence-corrected chi connectivity index (χ1v) is 10.6. The third-order valence-corrected chi connectivity index (χ3v) is 7.34. The van der Waals surface area contributed by atoms with E-state index in [1.807, 2.05) is 5.38 Å². The molecule has 0 radical (unpaired) electrons. The lowest BCUT2D eigenvalue weighted by molar-refractivity contribution is 0.0337. The Kier molecular flexibility index (Phi) is 5.68. The van der Waals surface area contributed by atoms with Crippen LogP contribution in [0.2, 0.25) is 4.34 Å². The lowest BCUT2D eigenvalue weighted by Gasteiger charge is -2.25. The van der Waals surface area contributed by atoms with E-state index in [1.165, 1.54) is 17.4 Å². The second-order valence-corrected chi connectivity index (χ2v) is 9.66. The summed E-state index contributed by atoms with van der Waals surface area (Å²) in [5, 5.41) is 2.72. The van der Waals surface area contributed by atoms with Crippen LogP contribution in [0.1, 0.15) is 10.7 Å². The average molecular weight is 394 g/mol. The van der Waals surface area contributed by atoms with Crippen LogP contribution in [-0.4, -0.2) is 44.6 Å². The molecule has 0 atom stereocenters. The van der Waals surface area contributed by atoms with Gasteiger partial charge in [0.15, 0.2) is 0 Å². The van der Waals surface area contributed by atoms with Crippen molar-refractivity contribution in [1.82, 2.24) is 14.6 Å². The molecule has 0 amide bonds. The van der Waals surface area contributed by atoms with Gasteiger partial charge in [-0.15, -0.1) is 22.7 Å². The second kappa shape index (κ2) is 7.56. The first-order valence-electron chi connectivity index (χ1n) is 7.01. The van der Waals surface area contributed by atoms with Crippen LogP contribution >= 0.6 is 34.3 Å². The van der Waals surface area contributed by atoms with Gasteiger partial charge >= 0.3 is 0 Å². The molecule has 1 aliphatic rings. The van der Waals surface area contributed by atoms with Crippen molar-refractivity contribution < 1.29 is 13.2 Å². The number of thiophene rings is 1. The van der Waals surface area contributed by atoms with Crippen LogP contribution in [0.3, 0.4) is 0 Å². The number of nitrogens with one attached hydrogen (secondary N) is 1. The number of nitrogens with zero attached hydrogens (tertiary/aromatic N) is 2. The predicted octanol–water partition coefficient (Wildman–Crippen LogP) is 2.17. The summed E-state index contributed by atoms with van der Waals surface area (Å²) in [4.78, 5) is 6.77. The van der Waals surface area contributed by atoms with Gasteiger partial charge in [-0.25, -0.2) is 18.1 Å². The molecular weight excluding hydrogens is 378 g/mol. The number of aromatic nitrogens is 1. The van der Waals surface area contributed by atoms with Crippen LogP contribution in [-0.2, 0) is 27.8 Å². The van der Waals surface area contributed by atoms with Crippen molar-refractivity contribution in [2.75, 3.05) is 26.3 Å². The fraction of sp³-hybridized carbons (Fsp3) is 0.462. The van der Waals surface area contributed by atoms with Crippen LogP contribution in [0.5, 0.6) is 0 Å². The van der Waals surface area contributed by atoms with Crippen molar-refractivity contribution in [2.24, 2.45) is 0 Å². The standard InChI is InChI=1S/C13H16ClN3O3S3/c14-11-1-2-13(22-11)23(18,19)15-7-12-16-10(9-21-12)8-17-3-5-20-6-4-17/h1-2,9,15H,3-8H2. The van der Waals surface area contributed by atoms with Crippen molar-refractivity contribution in [1.29, 1.82) is 0 Å². The van der Waals surface area contributed by atoms with E-state index in [-0.39, 0.29) is 10.8 Å². The number of morpholine rings is 1. The monoisotopic (exact) mass is 393 g/mol. The minimum atomic E-state index is -3.53. The van der Waals surface area contributed by atoms with Crippen LogP contribution < -0.4 is 4.72 Å². The summed E-state index contributed by atoms with van der Waals surface area (Å²) in [5.74, 6) is 0. The zero-order valence-corrected chi connectivity index (χ0v) is 15.4. The summed E-state index contributed by atoms with van der Waals surface area (Å²) in [6, 6.07) is 3.08. The van der Waals surface area contributed by atoms with Crippen LogP contribution in [0.25, 0.3) is 0 Å². The smallest absolute Gasteiger partial charge is 0.250 e. The Hall–Kier alpha value is -0.550. The Balaban J connectivity index is 1.56. The largest absolute Gasteiger partial charge is 0.379 e. The summed E-state index contributed by atoms with van der Waals surface area (Å²) in [6.07, 6.45) is 0. The number of halogens is 1. The second-order valence-electron chi connectivity index (χ2n) is 5.00. The Morgan fingerprint density at radius 2 is 2.13 bits per heavy atom. The third kappa shape index (κ3) is 4.72. The molecular formula is C13H16ClN3O3S3. The van der Waals surface area contributed by atoms with Gasteiger partial charge < -0.3 is 4.74 Å². The molecule has 0 unspecified atom stereocenters. The molecule has 0 aliphatic carbocycles. The highest BCUT2D eigenvalue weighted by molar-refractivity contribution is 7.91. The lowest BCUT2D eigenvalue weighted by Crippen LogP contribution is -2.35. The molecule has 0 aromatic carbocycles. The molecule has 2 aromatic heterocycles. The van der Waals surface area contributed by atoms with E-state index >= 15 is 0 Å². The molecule has 23 heavy (non-hydrogen) atoms. The Labute approximate surface area is 148 Å². The minimum Gasteiger partial charge on any atom is -0.379 e. The molecule has 1 fully saturated rings. The lowest BCUT2D eigenvalue weighted by atomic mass is 10.3. The highest BCUT2D eigenvalue weighted by Gasteiger charge is 2.17. The van der Waals surface area contributed by atoms with Crippen LogP contribution in [0.4, 0.5) is 0 Å². The molecule has 0 saturated carbocycles. The van der Waals surface area contributed by atoms with Crippen molar-refractivity contribution in [3.05, 3.63) is 32.6 Å². The molecule has 1 aliphatic heterocycles. The first-order chi connectivity index (χ1) is 11.0. The topological polar surface area (TPSA) is 71.5 Å². The molecule has 0 bridgehead atoms. The van der Waals surface area contributed by atoms with Crippen molar-refractivity contribution in [3.8, 4) is 0 Å². The van der Waals surface area contributed by atoms with Crippen molar-refractivity contribution in [2.45, 2.75) is 17.3 Å². The maximum absolute atomic E-state index is 12.1. The molecule has 1 N–H and O–H groups in total. The molecule has 10 heteroatoms. The maximum atomic E-state index is 12.1. The van der Waals surface area contributed by atoms with E-state index in [9.17, 15) is 8.42 Å². The van der Waals surface area contributed by atoms with E-state index in [0.29, 0.717) is 4.34 Å². The van der Waals surface area contributed by atoms with Gasteiger partial charge in [0.1, 0.15) is 9.22 Å². The number of thiazole rings is 1. The van der Waals surface area contributed by atoms with Crippen molar-refractivity contribution in [3.63, 3.8) is 0 Å². The molecule has 3 rings (SSSR count). The molecule has 6 nitrogen and oxygen atoms in total. The summed E-state index contributed by atoms with van der Waals surface area (Å²) < 4.78 is 32.8. The molecule has 2 aromatic rings. The normalized spacial score (nSPS) is 16.7. The SMILES string of the molecule is O=S(=O)(NCc1nc(CN2CCOCC2)cs1)c1ccc(Cl)s1. The van der Waals surface area contributed by atoms with E-state index in [2.05, 4.69) is 14.6 Å². The van der Waals surface area contributed by atoms with Gasteiger partial charge in [-0.1, -0.05) is 11.6 Å². The van der Waals surface area contributed by atoms with Crippen molar-refractivity contribution >= 4 is 44.3 Å². The first kappa shape index (κ1) is 17.3. The van der Waals surface area contributed by atoms with E-state index in [0.717, 1.165) is 54.9 Å². The molecule has 126 valence electrons. The number of ether oxygens (including phenoxy) is 1. The minimum absolute atomic E-state index is 0.186. The average Bonchev–Trinajstić information content (AvgIpc) is 3.16. The van der Waals surface area contributed by atoms with Crippen LogP contribution in [0.15, 0.2) is 21.7 Å². The number of hydrogen-bond donors (Lipinski definition) is 1. The van der Waals surface area contributed by atoms with Gasteiger partial charge in [-0.3, -0.25) is 4.90 Å². The summed E-state index contributed by atoms with van der Waals surface area (Å²) in [7, 11) is -3.53. The van der Waals surface area contributed by atoms with E-state index < -0.39 is 10.0 Å². The zero-order chi connectivity index (χ0) is 16.3. The van der Waals surface area contributed by atoms with E-state index in [1.54, 1.807) is 6.07 Å². The Bertz CT molecular complexity index is 753. The van der Waals surface area contributed by atoms with Gasteiger partial charge in [-0.05, 0) is 12.1 Å². The van der Waals surface area contributed by atoms with Gasteiger partial charge in [0.25, 0.3) is 0 Å². The maximum Gasteiger partial charge on any atom is 0.250 e. The zero-order valence-electron chi connectivity index (χ0n) is 12.2. The fourth-order valence-corrected chi connectivity index (χ4v) is 5.49. The third-order valence-electron chi connectivity index (χ3n) is 3.32. The van der Waals surface area contributed by atoms with E-state index in [4.69, 9.17) is 16.3 Å². The summed E-state index contributed by atoms with van der Waals surface area (Å²) in [5.41, 5.74) is 0.963. The highest BCUT2D eigenvalue weighted by atomic mass is 35.5. The molecule has 1 saturated heterocycles. The Morgan fingerprint density at radius 1 is 1.35 bits per heavy atom. The van der Waals surface area contributed by atoms with Gasteiger partial charge in [0.2, 0.25) is 10.0 Å².